The van der Waals surface area contributed by atoms with E-state index in [0.717, 1.165) is 16.2 Å². The van der Waals surface area contributed by atoms with Crippen molar-refractivity contribution in [3.05, 3.63) is 58.1 Å². The highest BCUT2D eigenvalue weighted by Gasteiger charge is 2.04. The van der Waals surface area contributed by atoms with Gasteiger partial charge in [-0.15, -0.1) is 11.8 Å². The number of hydrogen-bond donors (Lipinski definition) is 1. The fraction of sp³-hybridized carbons (Fsp3) is 0.125. The van der Waals surface area contributed by atoms with E-state index < -0.39 is 0 Å². The maximum Gasteiger partial charge on any atom is 0.238 e. The number of hydrogen-bond acceptors (Lipinski definition) is 3. The van der Waals surface area contributed by atoms with E-state index in [1.807, 2.05) is 30.3 Å². The number of carbonyl (C=O) groups excluding carboxylic acids is 1. The van der Waals surface area contributed by atoms with Gasteiger partial charge in [0.2, 0.25) is 5.91 Å². The van der Waals surface area contributed by atoms with E-state index in [2.05, 4.69) is 5.32 Å². The fourth-order valence-corrected chi connectivity index (χ4v) is 3.17. The van der Waals surface area contributed by atoms with E-state index >= 15 is 0 Å². The number of anilines is 1. The Morgan fingerprint density at radius 1 is 1.18 bits per heavy atom. The molecule has 2 aromatic carbocycles. The molecule has 112 valence electrons. The number of rotatable bonds is 5. The molecule has 3 nitrogen and oxygen atoms in total. The van der Waals surface area contributed by atoms with Crippen LogP contribution in [0.1, 0.15) is 12.0 Å². The first kappa shape index (κ1) is 16.7. The van der Waals surface area contributed by atoms with Gasteiger partial charge in [-0.25, -0.2) is 0 Å². The van der Waals surface area contributed by atoms with Gasteiger partial charge in [0.15, 0.2) is 0 Å². The number of carbonyl (C=O) groups is 1. The van der Waals surface area contributed by atoms with Crippen molar-refractivity contribution in [3.8, 4) is 6.07 Å². The molecular formula is C16H12Cl2N2OS. The molecule has 0 atom stereocenters. The molecule has 2 aromatic rings. The van der Waals surface area contributed by atoms with E-state index in [0.29, 0.717) is 15.7 Å². The van der Waals surface area contributed by atoms with Crippen molar-refractivity contribution in [1.82, 2.24) is 0 Å². The predicted octanol–water partition coefficient (Wildman–Crippen LogP) is 5.14. The second kappa shape index (κ2) is 8.09. The van der Waals surface area contributed by atoms with Crippen LogP contribution in [0.3, 0.4) is 0 Å². The third-order valence-electron chi connectivity index (χ3n) is 2.79. The Morgan fingerprint density at radius 3 is 2.55 bits per heavy atom. The highest BCUT2D eigenvalue weighted by Crippen LogP contribution is 2.29. The van der Waals surface area contributed by atoms with Crippen molar-refractivity contribution in [2.75, 3.05) is 5.32 Å². The van der Waals surface area contributed by atoms with Gasteiger partial charge in [0, 0.05) is 26.4 Å². The van der Waals surface area contributed by atoms with E-state index in [-0.39, 0.29) is 12.3 Å². The molecule has 2 rings (SSSR count). The summed E-state index contributed by atoms with van der Waals surface area (Å²) in [6.45, 7) is 0. The number of benzene rings is 2. The molecule has 1 N–H and O–H groups in total. The topological polar surface area (TPSA) is 52.9 Å². The Bertz CT molecular complexity index is 711. The van der Waals surface area contributed by atoms with Gasteiger partial charge in [0.05, 0.1) is 6.07 Å². The van der Waals surface area contributed by atoms with Crippen LogP contribution in [-0.4, -0.2) is 5.91 Å². The van der Waals surface area contributed by atoms with Crippen molar-refractivity contribution in [3.63, 3.8) is 0 Å². The fourth-order valence-electron chi connectivity index (χ4n) is 1.71. The molecule has 0 heterocycles. The average Bonchev–Trinajstić information content (AvgIpc) is 2.48. The van der Waals surface area contributed by atoms with Crippen LogP contribution in [0, 0.1) is 11.3 Å². The van der Waals surface area contributed by atoms with E-state index in [1.165, 1.54) is 0 Å². The molecule has 0 spiro atoms. The summed E-state index contributed by atoms with van der Waals surface area (Å²) in [6.07, 6.45) is -0.147. The monoisotopic (exact) mass is 350 g/mol. The molecule has 6 heteroatoms. The lowest BCUT2D eigenvalue weighted by molar-refractivity contribution is -0.115. The largest absolute Gasteiger partial charge is 0.325 e. The summed E-state index contributed by atoms with van der Waals surface area (Å²) in [4.78, 5) is 12.4. The highest BCUT2D eigenvalue weighted by atomic mass is 35.5. The average molecular weight is 351 g/mol. The summed E-state index contributed by atoms with van der Waals surface area (Å²) >= 11 is 13.6. The quantitative estimate of drug-likeness (QED) is 0.759. The van der Waals surface area contributed by atoms with Crippen molar-refractivity contribution in [1.29, 1.82) is 5.26 Å². The number of amides is 1. The Hall–Kier alpha value is -1.67. The minimum atomic E-state index is -0.309. The number of nitrogens with zero attached hydrogens (tertiary/aromatic N) is 1. The first-order valence-corrected chi connectivity index (χ1v) is 8.16. The standard InChI is InChI=1S/C16H12Cl2N2OS/c17-12-2-1-11(15(18)9-12)10-22-14-5-3-13(4-6-14)20-16(21)7-8-19/h1-6,9H,7,10H2,(H,20,21). The molecule has 0 aliphatic carbocycles. The molecule has 0 saturated carbocycles. The SMILES string of the molecule is N#CCC(=O)Nc1ccc(SCc2ccc(Cl)cc2Cl)cc1. The van der Waals surface area contributed by atoms with Gasteiger partial charge >= 0.3 is 0 Å². The molecule has 22 heavy (non-hydrogen) atoms. The Kier molecular flexibility index (Phi) is 6.14. The van der Waals surface area contributed by atoms with Crippen LogP contribution in [0.15, 0.2) is 47.4 Å². The van der Waals surface area contributed by atoms with Gasteiger partial charge in [0.1, 0.15) is 6.42 Å². The van der Waals surface area contributed by atoms with Crippen molar-refractivity contribution in [2.45, 2.75) is 17.1 Å². The van der Waals surface area contributed by atoms with Crippen LogP contribution >= 0.6 is 35.0 Å². The summed E-state index contributed by atoms with van der Waals surface area (Å²) in [5.41, 5.74) is 1.69. The molecule has 0 aliphatic rings. The van der Waals surface area contributed by atoms with Crippen LogP contribution in [0.2, 0.25) is 10.0 Å². The first-order valence-electron chi connectivity index (χ1n) is 6.42. The number of nitriles is 1. The lowest BCUT2D eigenvalue weighted by Gasteiger charge is -2.07. The lowest BCUT2D eigenvalue weighted by atomic mass is 10.2. The van der Waals surface area contributed by atoms with Crippen LogP contribution in [0.4, 0.5) is 5.69 Å². The lowest BCUT2D eigenvalue weighted by Crippen LogP contribution is -2.09. The number of halogens is 2. The maximum atomic E-state index is 11.3. The Labute approximate surface area is 143 Å². The Balaban J connectivity index is 1.94. The first-order chi connectivity index (χ1) is 10.6. The highest BCUT2D eigenvalue weighted by molar-refractivity contribution is 7.98. The molecule has 0 radical (unpaired) electrons. The molecule has 0 unspecified atom stereocenters. The van der Waals surface area contributed by atoms with Gasteiger partial charge in [-0.2, -0.15) is 5.26 Å². The van der Waals surface area contributed by atoms with Crippen LogP contribution < -0.4 is 5.32 Å². The molecule has 0 aromatic heterocycles. The van der Waals surface area contributed by atoms with Gasteiger partial charge in [-0.05, 0) is 42.0 Å². The van der Waals surface area contributed by atoms with Crippen LogP contribution in [-0.2, 0) is 10.5 Å². The summed E-state index contributed by atoms with van der Waals surface area (Å²) in [5, 5.41) is 12.4. The Morgan fingerprint density at radius 2 is 1.91 bits per heavy atom. The van der Waals surface area contributed by atoms with E-state index in [4.69, 9.17) is 28.5 Å². The predicted molar refractivity (Wildman–Crippen MR) is 91.3 cm³/mol. The zero-order valence-electron chi connectivity index (χ0n) is 11.5. The van der Waals surface area contributed by atoms with E-state index in [1.54, 1.807) is 30.0 Å². The number of thioether (sulfide) groups is 1. The van der Waals surface area contributed by atoms with E-state index in [9.17, 15) is 4.79 Å². The number of nitrogens with one attached hydrogen (secondary N) is 1. The van der Waals surface area contributed by atoms with Gasteiger partial charge in [0.25, 0.3) is 0 Å². The zero-order valence-corrected chi connectivity index (χ0v) is 13.8. The minimum Gasteiger partial charge on any atom is -0.325 e. The molecule has 1 amide bonds. The minimum absolute atomic E-state index is 0.147. The summed E-state index contributed by atoms with van der Waals surface area (Å²) < 4.78 is 0. The smallest absolute Gasteiger partial charge is 0.238 e. The van der Waals surface area contributed by atoms with Gasteiger partial charge in [-0.3, -0.25) is 4.79 Å². The molecule has 0 fully saturated rings. The third kappa shape index (κ3) is 4.96. The van der Waals surface area contributed by atoms with Gasteiger partial charge < -0.3 is 5.32 Å². The molecule has 0 aliphatic heterocycles. The molecular weight excluding hydrogens is 339 g/mol. The van der Waals surface area contributed by atoms with Crippen molar-refractivity contribution < 1.29 is 4.79 Å². The molecule has 0 saturated heterocycles. The maximum absolute atomic E-state index is 11.3. The second-order valence-electron chi connectivity index (χ2n) is 4.43. The normalized spacial score (nSPS) is 10.0. The molecule has 0 bridgehead atoms. The van der Waals surface area contributed by atoms with Gasteiger partial charge in [-0.1, -0.05) is 29.3 Å². The van der Waals surface area contributed by atoms with Crippen molar-refractivity contribution in [2.24, 2.45) is 0 Å². The van der Waals surface area contributed by atoms with Crippen LogP contribution in [0.25, 0.3) is 0 Å². The van der Waals surface area contributed by atoms with Crippen LogP contribution in [0.5, 0.6) is 0 Å². The van der Waals surface area contributed by atoms with Crippen molar-refractivity contribution >= 4 is 46.6 Å². The second-order valence-corrected chi connectivity index (χ2v) is 6.32. The summed E-state index contributed by atoms with van der Waals surface area (Å²) in [7, 11) is 0. The zero-order chi connectivity index (χ0) is 15.9. The summed E-state index contributed by atoms with van der Waals surface area (Å²) in [6, 6.07) is 14.7. The summed E-state index contributed by atoms with van der Waals surface area (Å²) in [5.74, 6) is 0.423. The third-order valence-corrected chi connectivity index (χ3v) is 4.43.